The van der Waals surface area contributed by atoms with Crippen LogP contribution in [0.4, 0.5) is 5.95 Å². The van der Waals surface area contributed by atoms with Crippen molar-refractivity contribution in [2.24, 2.45) is 0 Å². The first-order valence-corrected chi connectivity index (χ1v) is 10.4. The van der Waals surface area contributed by atoms with Gasteiger partial charge in [0.15, 0.2) is 11.5 Å². The number of methoxy groups -OCH3 is 2. The molecule has 168 valence electrons. The summed E-state index contributed by atoms with van der Waals surface area (Å²) in [7, 11) is 3.14. The van der Waals surface area contributed by atoms with E-state index in [2.05, 4.69) is 9.97 Å². The molecule has 0 aliphatic heterocycles. The fourth-order valence-electron chi connectivity index (χ4n) is 3.41. The summed E-state index contributed by atoms with van der Waals surface area (Å²) in [5, 5.41) is 11.4. The number of aromatic hydroxyl groups is 1. The fraction of sp³-hybridized carbons (Fsp3) is 0.120. The third kappa shape index (κ3) is 4.94. The van der Waals surface area contributed by atoms with Gasteiger partial charge in [0, 0.05) is 28.4 Å². The molecule has 7 nitrogen and oxygen atoms in total. The van der Waals surface area contributed by atoms with Crippen molar-refractivity contribution in [3.05, 3.63) is 77.4 Å². The molecule has 3 N–H and O–H groups in total. The zero-order valence-electron chi connectivity index (χ0n) is 18.1. The topological polar surface area (TPSA) is 99.7 Å². The predicted octanol–water partition coefficient (Wildman–Crippen LogP) is 5.35. The molecule has 0 radical (unpaired) electrons. The maximum atomic E-state index is 10.8. The first kappa shape index (κ1) is 22.2. The molecule has 8 heteroatoms. The number of anilines is 1. The molecule has 0 spiro atoms. The van der Waals surface area contributed by atoms with Crippen LogP contribution in [-0.2, 0) is 6.61 Å². The number of ether oxygens (including phenoxy) is 3. The van der Waals surface area contributed by atoms with E-state index in [0.717, 1.165) is 11.1 Å². The number of halogens is 1. The van der Waals surface area contributed by atoms with Crippen LogP contribution in [0.25, 0.3) is 22.4 Å². The van der Waals surface area contributed by atoms with Crippen molar-refractivity contribution in [3.8, 4) is 45.4 Å². The standard InChI is InChI=1S/C25H22ClN3O4/c1-31-22-9-6-16(11-23(22)32-2)20-13-28-25(27)29-24(20)19-8-7-18(12-21(19)30)33-14-15-4-3-5-17(26)10-15/h3-13,30H,14H2,1-2H3,(H2,27,28,29). The van der Waals surface area contributed by atoms with Gasteiger partial charge in [0.25, 0.3) is 0 Å². The van der Waals surface area contributed by atoms with Crippen LogP contribution in [0.5, 0.6) is 23.0 Å². The van der Waals surface area contributed by atoms with Gasteiger partial charge < -0.3 is 25.1 Å². The van der Waals surface area contributed by atoms with Crippen LogP contribution in [0.1, 0.15) is 5.56 Å². The van der Waals surface area contributed by atoms with E-state index in [9.17, 15) is 5.11 Å². The van der Waals surface area contributed by atoms with Crippen molar-refractivity contribution in [2.75, 3.05) is 20.0 Å². The van der Waals surface area contributed by atoms with Crippen LogP contribution in [-0.4, -0.2) is 29.3 Å². The molecular weight excluding hydrogens is 442 g/mol. The highest BCUT2D eigenvalue weighted by Crippen LogP contribution is 2.39. The lowest BCUT2D eigenvalue weighted by Crippen LogP contribution is -2.00. The Hall–Kier alpha value is -3.97. The highest BCUT2D eigenvalue weighted by molar-refractivity contribution is 6.30. The lowest BCUT2D eigenvalue weighted by atomic mass is 9.99. The summed E-state index contributed by atoms with van der Waals surface area (Å²) in [5.74, 6) is 1.76. The summed E-state index contributed by atoms with van der Waals surface area (Å²) < 4.78 is 16.5. The van der Waals surface area contributed by atoms with E-state index in [4.69, 9.17) is 31.5 Å². The Bertz CT molecular complexity index is 1300. The summed E-state index contributed by atoms with van der Waals surface area (Å²) in [5.41, 5.74) is 9.21. The highest BCUT2D eigenvalue weighted by Gasteiger charge is 2.17. The van der Waals surface area contributed by atoms with Gasteiger partial charge in [0.1, 0.15) is 18.1 Å². The van der Waals surface area contributed by atoms with Crippen molar-refractivity contribution < 1.29 is 19.3 Å². The normalized spacial score (nSPS) is 10.6. The Labute approximate surface area is 196 Å². The maximum absolute atomic E-state index is 10.8. The number of hydrogen-bond acceptors (Lipinski definition) is 7. The van der Waals surface area contributed by atoms with Gasteiger partial charge in [-0.1, -0.05) is 29.8 Å². The van der Waals surface area contributed by atoms with E-state index in [0.29, 0.717) is 45.7 Å². The Balaban J connectivity index is 1.67. The number of nitrogens with zero attached hydrogens (tertiary/aromatic N) is 2. The van der Waals surface area contributed by atoms with Crippen LogP contribution in [0.3, 0.4) is 0 Å². The largest absolute Gasteiger partial charge is 0.507 e. The molecule has 0 saturated heterocycles. The Morgan fingerprint density at radius 3 is 2.48 bits per heavy atom. The summed E-state index contributed by atoms with van der Waals surface area (Å²) in [6, 6.07) is 17.9. The summed E-state index contributed by atoms with van der Waals surface area (Å²) in [6.07, 6.45) is 1.61. The minimum atomic E-state index is -0.00146. The molecule has 0 saturated carbocycles. The molecule has 4 aromatic rings. The predicted molar refractivity (Wildman–Crippen MR) is 128 cm³/mol. The van der Waals surface area contributed by atoms with Gasteiger partial charge in [-0.15, -0.1) is 0 Å². The number of hydrogen-bond donors (Lipinski definition) is 2. The van der Waals surface area contributed by atoms with Crippen molar-refractivity contribution in [3.63, 3.8) is 0 Å². The first-order valence-electron chi connectivity index (χ1n) is 10.0. The number of benzene rings is 3. The molecule has 1 aromatic heterocycles. The van der Waals surface area contributed by atoms with Gasteiger partial charge in [-0.2, -0.15) is 0 Å². The molecule has 0 aliphatic rings. The average Bonchev–Trinajstić information content (AvgIpc) is 2.82. The number of nitrogens with two attached hydrogens (primary N) is 1. The van der Waals surface area contributed by atoms with Crippen LogP contribution in [0.2, 0.25) is 5.02 Å². The van der Waals surface area contributed by atoms with Crippen LogP contribution < -0.4 is 19.9 Å². The molecule has 0 bridgehead atoms. The number of phenols is 1. The average molecular weight is 464 g/mol. The van der Waals surface area contributed by atoms with E-state index in [1.165, 1.54) is 6.07 Å². The van der Waals surface area contributed by atoms with Crippen molar-refractivity contribution in [2.45, 2.75) is 6.61 Å². The molecule has 0 unspecified atom stereocenters. The summed E-state index contributed by atoms with van der Waals surface area (Å²) in [4.78, 5) is 8.53. The summed E-state index contributed by atoms with van der Waals surface area (Å²) >= 11 is 6.02. The second kappa shape index (κ2) is 9.67. The molecule has 0 fully saturated rings. The van der Waals surface area contributed by atoms with Gasteiger partial charge in [-0.25, -0.2) is 9.97 Å². The summed E-state index contributed by atoms with van der Waals surface area (Å²) in [6.45, 7) is 0.316. The SMILES string of the molecule is COc1ccc(-c2cnc(N)nc2-c2ccc(OCc3cccc(Cl)c3)cc2O)cc1OC. The fourth-order valence-corrected chi connectivity index (χ4v) is 3.62. The molecule has 33 heavy (non-hydrogen) atoms. The van der Waals surface area contributed by atoms with Crippen LogP contribution >= 0.6 is 11.6 Å². The highest BCUT2D eigenvalue weighted by atomic mass is 35.5. The number of rotatable bonds is 7. The van der Waals surface area contributed by atoms with E-state index in [1.54, 1.807) is 44.7 Å². The van der Waals surface area contributed by atoms with Crippen LogP contribution in [0, 0.1) is 0 Å². The third-order valence-electron chi connectivity index (χ3n) is 5.02. The molecular formula is C25H22ClN3O4. The minimum Gasteiger partial charge on any atom is -0.507 e. The van der Waals surface area contributed by atoms with Gasteiger partial charge in [-0.05, 0) is 47.5 Å². The smallest absolute Gasteiger partial charge is 0.220 e. The zero-order chi connectivity index (χ0) is 23.4. The van der Waals surface area contributed by atoms with E-state index in [1.807, 2.05) is 30.3 Å². The lowest BCUT2D eigenvalue weighted by Gasteiger charge is -2.14. The van der Waals surface area contributed by atoms with Gasteiger partial charge in [0.05, 0.1) is 19.9 Å². The second-order valence-electron chi connectivity index (χ2n) is 7.16. The molecule has 3 aromatic carbocycles. The zero-order valence-corrected chi connectivity index (χ0v) is 18.8. The third-order valence-corrected chi connectivity index (χ3v) is 5.26. The van der Waals surface area contributed by atoms with Gasteiger partial charge >= 0.3 is 0 Å². The van der Waals surface area contributed by atoms with E-state index < -0.39 is 0 Å². The molecule has 0 atom stereocenters. The second-order valence-corrected chi connectivity index (χ2v) is 7.59. The molecule has 0 amide bonds. The Kier molecular flexibility index (Phi) is 6.51. The van der Waals surface area contributed by atoms with Crippen molar-refractivity contribution in [1.29, 1.82) is 0 Å². The number of phenolic OH excluding ortho intramolecular Hbond substituents is 1. The molecule has 1 heterocycles. The van der Waals surface area contributed by atoms with E-state index in [-0.39, 0.29) is 11.7 Å². The van der Waals surface area contributed by atoms with Crippen LogP contribution in [0.15, 0.2) is 66.9 Å². The quantitative estimate of drug-likeness (QED) is 0.381. The lowest BCUT2D eigenvalue weighted by molar-refractivity contribution is 0.304. The monoisotopic (exact) mass is 463 g/mol. The number of aromatic nitrogens is 2. The molecule has 0 aliphatic carbocycles. The number of nitrogen functional groups attached to an aromatic ring is 1. The van der Waals surface area contributed by atoms with Gasteiger partial charge in [-0.3, -0.25) is 0 Å². The van der Waals surface area contributed by atoms with Crippen molar-refractivity contribution >= 4 is 17.5 Å². The Morgan fingerprint density at radius 2 is 1.76 bits per heavy atom. The first-order chi connectivity index (χ1) is 16.0. The Morgan fingerprint density at radius 1 is 0.939 bits per heavy atom. The molecule has 4 rings (SSSR count). The minimum absolute atomic E-state index is 0.00146. The maximum Gasteiger partial charge on any atom is 0.220 e. The van der Waals surface area contributed by atoms with Gasteiger partial charge in [0.2, 0.25) is 5.95 Å². The van der Waals surface area contributed by atoms with E-state index >= 15 is 0 Å². The van der Waals surface area contributed by atoms with Crippen molar-refractivity contribution in [1.82, 2.24) is 9.97 Å².